The number of urea groups is 1. The Bertz CT molecular complexity index is 2540. The summed E-state index contributed by atoms with van der Waals surface area (Å²) in [6, 6.07) is 13.5. The maximum absolute atomic E-state index is 15.1. The van der Waals surface area contributed by atoms with Crippen molar-refractivity contribution in [2.45, 2.75) is 77.3 Å². The van der Waals surface area contributed by atoms with Crippen LogP contribution in [-0.2, 0) is 36.0 Å². The van der Waals surface area contributed by atoms with Crippen molar-refractivity contribution in [3.05, 3.63) is 83.4 Å². The van der Waals surface area contributed by atoms with Crippen LogP contribution in [0, 0.1) is 5.92 Å². The topological polar surface area (TPSA) is 115 Å². The number of pyridine rings is 1. The van der Waals surface area contributed by atoms with E-state index in [0.717, 1.165) is 122 Å². The molecular formula is C47H54F2N10O3. The van der Waals surface area contributed by atoms with Gasteiger partial charge in [-0.05, 0) is 92.0 Å². The lowest BCUT2D eigenvalue weighted by molar-refractivity contribution is -0.129. The Labute approximate surface area is 360 Å². The molecule has 5 aliphatic rings. The number of nitrogens with zero attached hydrogens (tertiary/aromatic N) is 9. The van der Waals surface area contributed by atoms with Gasteiger partial charge in [-0.3, -0.25) is 29.5 Å². The van der Waals surface area contributed by atoms with Crippen LogP contribution < -0.4 is 20.0 Å². The van der Waals surface area contributed by atoms with Crippen molar-refractivity contribution in [2.75, 3.05) is 67.1 Å². The van der Waals surface area contributed by atoms with Crippen LogP contribution in [0.15, 0.2) is 61.1 Å². The molecule has 0 bridgehead atoms. The first-order chi connectivity index (χ1) is 30.1. The molecule has 1 N–H and O–H groups in total. The highest BCUT2D eigenvalue weighted by Crippen LogP contribution is 2.45. The van der Waals surface area contributed by atoms with Gasteiger partial charge in [-0.15, -0.1) is 0 Å². The van der Waals surface area contributed by atoms with E-state index >= 15 is 8.78 Å². The monoisotopic (exact) mass is 844 g/mol. The molecular weight excluding hydrogens is 791 g/mol. The maximum Gasteiger partial charge on any atom is 0.328 e. The Morgan fingerprint density at radius 1 is 0.887 bits per heavy atom. The van der Waals surface area contributed by atoms with E-state index in [4.69, 9.17) is 5.10 Å². The number of aromatic nitrogens is 4. The Morgan fingerprint density at radius 2 is 1.69 bits per heavy atom. The molecule has 0 unspecified atom stereocenters. The number of piperidine rings is 2. The van der Waals surface area contributed by atoms with E-state index in [1.807, 2.05) is 47.0 Å². The third kappa shape index (κ3) is 7.47. The zero-order valence-electron chi connectivity index (χ0n) is 35.5. The second-order valence-electron chi connectivity index (χ2n) is 17.8. The summed E-state index contributed by atoms with van der Waals surface area (Å²) in [5.74, 6) is 1.19. The Kier molecular flexibility index (Phi) is 10.7. The molecule has 5 aromatic rings. The van der Waals surface area contributed by atoms with Crippen LogP contribution in [0.4, 0.5) is 36.5 Å². The predicted molar refractivity (Wildman–Crippen MR) is 235 cm³/mol. The number of rotatable bonds is 8. The summed E-state index contributed by atoms with van der Waals surface area (Å²) < 4.78 is 34.4. The molecule has 0 radical (unpaired) electrons. The van der Waals surface area contributed by atoms with Gasteiger partial charge in [-0.1, -0.05) is 6.07 Å². The van der Waals surface area contributed by atoms with Crippen molar-refractivity contribution in [1.29, 1.82) is 0 Å². The van der Waals surface area contributed by atoms with Crippen molar-refractivity contribution < 1.29 is 23.2 Å². The highest BCUT2D eigenvalue weighted by molar-refractivity contribution is 6.05. The molecule has 4 amide bonds. The van der Waals surface area contributed by atoms with Crippen LogP contribution in [0.2, 0.25) is 0 Å². The lowest BCUT2D eigenvalue weighted by Crippen LogP contribution is -2.49. The molecule has 3 aromatic heterocycles. The van der Waals surface area contributed by atoms with Gasteiger partial charge in [-0.2, -0.15) is 5.10 Å². The van der Waals surface area contributed by atoms with Gasteiger partial charge in [0.15, 0.2) is 5.82 Å². The molecule has 8 heterocycles. The number of alkyl halides is 2. The smallest absolute Gasteiger partial charge is 0.328 e. The second kappa shape index (κ2) is 16.5. The lowest BCUT2D eigenvalue weighted by Gasteiger charge is -2.39. The molecule has 324 valence electrons. The molecule has 0 saturated carbocycles. The zero-order valence-corrected chi connectivity index (χ0v) is 35.5. The number of hydrogen-bond donors (Lipinski definition) is 1. The fourth-order valence-corrected chi connectivity index (χ4v) is 10.7. The Hall–Kier alpha value is -5.83. The summed E-state index contributed by atoms with van der Waals surface area (Å²) in [5, 5.41) is 8.67. The predicted octanol–water partition coefficient (Wildman–Crippen LogP) is 7.36. The van der Waals surface area contributed by atoms with Crippen LogP contribution in [0.1, 0.15) is 80.3 Å². The minimum absolute atomic E-state index is 0.000828. The summed E-state index contributed by atoms with van der Waals surface area (Å²) in [6.45, 7) is 8.70. The third-order valence-corrected chi connectivity index (χ3v) is 14.0. The molecule has 0 aliphatic carbocycles. The molecule has 10 rings (SSSR count). The number of aryl methyl sites for hydroxylation is 2. The van der Waals surface area contributed by atoms with E-state index in [9.17, 15) is 14.4 Å². The zero-order chi connectivity index (χ0) is 42.6. The minimum atomic E-state index is -2.68. The van der Waals surface area contributed by atoms with E-state index in [0.29, 0.717) is 50.5 Å². The van der Waals surface area contributed by atoms with Gasteiger partial charge >= 0.3 is 6.03 Å². The number of fused-ring (bicyclic) bond motifs is 3. The van der Waals surface area contributed by atoms with Crippen molar-refractivity contribution in [3.8, 4) is 11.1 Å². The molecule has 15 heteroatoms. The average Bonchev–Trinajstić information content (AvgIpc) is 3.83. The number of hydrogen-bond acceptors (Lipinski definition) is 8. The van der Waals surface area contributed by atoms with Gasteiger partial charge in [0.05, 0.1) is 18.1 Å². The van der Waals surface area contributed by atoms with Crippen molar-refractivity contribution >= 4 is 51.6 Å². The van der Waals surface area contributed by atoms with Crippen molar-refractivity contribution in [3.63, 3.8) is 0 Å². The minimum Gasteiger partial charge on any atom is -0.371 e. The fourth-order valence-electron chi connectivity index (χ4n) is 10.7. The van der Waals surface area contributed by atoms with E-state index in [1.54, 1.807) is 30.3 Å². The van der Waals surface area contributed by atoms with Crippen LogP contribution in [0.3, 0.4) is 0 Å². The number of benzene rings is 2. The second-order valence-corrected chi connectivity index (χ2v) is 17.8. The fraction of sp³-hybridized carbons (Fsp3) is 0.468. The van der Waals surface area contributed by atoms with Crippen molar-refractivity contribution in [1.82, 2.24) is 34.4 Å². The van der Waals surface area contributed by atoms with E-state index in [2.05, 4.69) is 41.8 Å². The molecule has 0 spiro atoms. The van der Waals surface area contributed by atoms with Gasteiger partial charge in [0.1, 0.15) is 0 Å². The first-order valence-electron chi connectivity index (χ1n) is 22.3. The number of nitrogens with one attached hydrogen (secondary N) is 1. The summed E-state index contributed by atoms with van der Waals surface area (Å²) in [7, 11) is 1.93. The molecule has 3 saturated heterocycles. The molecule has 5 aliphatic heterocycles. The highest BCUT2D eigenvalue weighted by Gasteiger charge is 2.36. The van der Waals surface area contributed by atoms with Gasteiger partial charge in [0.2, 0.25) is 11.8 Å². The molecule has 62 heavy (non-hydrogen) atoms. The van der Waals surface area contributed by atoms with Gasteiger partial charge in [-0.25, -0.2) is 13.6 Å². The van der Waals surface area contributed by atoms with E-state index in [-0.39, 0.29) is 29.5 Å². The van der Waals surface area contributed by atoms with Gasteiger partial charge < -0.3 is 24.2 Å². The molecule has 0 atom stereocenters. The van der Waals surface area contributed by atoms with Crippen LogP contribution in [0.5, 0.6) is 0 Å². The summed E-state index contributed by atoms with van der Waals surface area (Å²) in [6.07, 6.45) is 9.52. The van der Waals surface area contributed by atoms with Crippen LogP contribution in [0.25, 0.3) is 22.0 Å². The first kappa shape index (κ1) is 40.3. The molecule has 13 nitrogen and oxygen atoms in total. The highest BCUT2D eigenvalue weighted by atomic mass is 19.3. The van der Waals surface area contributed by atoms with Gasteiger partial charge in [0.25, 0.3) is 6.43 Å². The Morgan fingerprint density at radius 3 is 2.47 bits per heavy atom. The number of anilines is 4. The van der Waals surface area contributed by atoms with Crippen molar-refractivity contribution in [2.24, 2.45) is 13.0 Å². The van der Waals surface area contributed by atoms with Gasteiger partial charge in [0, 0.05) is 143 Å². The van der Waals surface area contributed by atoms with E-state index in [1.165, 1.54) is 5.69 Å². The number of carbonyl (C=O) groups excluding carboxylic acids is 3. The maximum atomic E-state index is 15.1. The normalized spacial score (nSPS) is 19.4. The number of likely N-dealkylation sites (tertiary alicyclic amines) is 1. The first-order valence-corrected chi connectivity index (χ1v) is 22.3. The lowest BCUT2D eigenvalue weighted by atomic mass is 9.91. The van der Waals surface area contributed by atoms with Crippen LogP contribution >= 0.6 is 0 Å². The number of halogens is 2. The average molecular weight is 845 g/mol. The summed E-state index contributed by atoms with van der Waals surface area (Å²) in [4.78, 5) is 51.9. The largest absolute Gasteiger partial charge is 0.371 e. The standard InChI is InChI=1S/C47H54F2N10O3/c1-30(60)56-21-13-42-40(29-56)46(58-16-4-5-32-23-36(37(45(48)49)25-43(32)58)39-28-53(2)41-8-15-50-26-38(39)41)52-59(42)33-11-17-54(18-12-33)27-31-9-19-55(20-10-31)34-6-3-7-35(24-34)57-22-14-44(61)51-47(57)62/h3,6-8,15,23-26,28,31,33,45H,4-5,9-14,16-22,27,29H2,1-2H3,(H,51,61,62). The third-order valence-electron chi connectivity index (χ3n) is 14.0. The van der Waals surface area contributed by atoms with Crippen LogP contribution in [-0.4, -0.2) is 99.3 Å². The number of carbonyl (C=O) groups is 3. The summed E-state index contributed by atoms with van der Waals surface area (Å²) in [5.41, 5.74) is 8.17. The summed E-state index contributed by atoms with van der Waals surface area (Å²) >= 11 is 0. The molecule has 2 aromatic carbocycles. The number of amides is 4. The molecule has 3 fully saturated rings. The Balaban J connectivity index is 0.846. The quantitative estimate of drug-likeness (QED) is 0.173. The SMILES string of the molecule is CC(=O)N1CCc2c(c(N3CCCc4cc(-c5cn(C)c6ccncc56)c(C(F)F)cc43)nn2C2CCN(CC3CCN(c4cccc(N5CCC(=O)NC5=O)c4)CC3)CC2)C1. The van der Waals surface area contributed by atoms with E-state index < -0.39 is 6.43 Å². The number of imide groups is 1.